The molecule has 0 aliphatic carbocycles. The van der Waals surface area contributed by atoms with Gasteiger partial charge in [0.2, 0.25) is 0 Å². The minimum absolute atomic E-state index is 0.684. The fourth-order valence-electron chi connectivity index (χ4n) is 1.73. The Hall–Kier alpha value is 0.250. The van der Waals surface area contributed by atoms with Crippen LogP contribution in [-0.4, -0.2) is 29.9 Å². The summed E-state index contributed by atoms with van der Waals surface area (Å²) in [7, 11) is 0. The van der Waals surface area contributed by atoms with Crippen molar-refractivity contribution < 1.29 is 0 Å². The van der Waals surface area contributed by atoms with Gasteiger partial charge in [0, 0.05) is 11.9 Å². The van der Waals surface area contributed by atoms with Gasteiger partial charge in [0.25, 0.3) is 0 Å². The van der Waals surface area contributed by atoms with Gasteiger partial charge in [0.1, 0.15) is 0 Å². The molecule has 11 heavy (non-hydrogen) atoms. The normalized spacial score (nSPS) is 26.2. The summed E-state index contributed by atoms with van der Waals surface area (Å²) in [6.07, 6.45) is 5.28. The van der Waals surface area contributed by atoms with E-state index in [1.807, 2.05) is 0 Å². The maximum Gasteiger partial charge on any atom is 0.0379 e. The Balaban J connectivity index is 2.20. The molecule has 0 unspecified atom stereocenters. The number of hydrogen-bond acceptors (Lipinski definition) is 1. The van der Waals surface area contributed by atoms with Gasteiger partial charge in [-0.25, -0.2) is 0 Å². The lowest BCUT2D eigenvalue weighted by molar-refractivity contribution is 0.267. The summed E-state index contributed by atoms with van der Waals surface area (Å²) in [6, 6.07) is 0.684. The van der Waals surface area contributed by atoms with Crippen LogP contribution < -0.4 is 0 Å². The molecular formula is C9H18ClN. The topological polar surface area (TPSA) is 3.24 Å². The van der Waals surface area contributed by atoms with Crippen molar-refractivity contribution in [3.63, 3.8) is 0 Å². The van der Waals surface area contributed by atoms with E-state index in [0.29, 0.717) is 6.04 Å². The van der Waals surface area contributed by atoms with E-state index in [-0.39, 0.29) is 0 Å². The van der Waals surface area contributed by atoms with Gasteiger partial charge < -0.3 is 0 Å². The van der Waals surface area contributed by atoms with Gasteiger partial charge in [-0.15, -0.1) is 11.6 Å². The second-order valence-electron chi connectivity index (χ2n) is 3.34. The molecule has 66 valence electrons. The van der Waals surface area contributed by atoms with Gasteiger partial charge in [-0.3, -0.25) is 4.90 Å². The average Bonchev–Trinajstić information content (AvgIpc) is 2.47. The third kappa shape index (κ3) is 2.64. The van der Waals surface area contributed by atoms with Crippen molar-refractivity contribution in [2.75, 3.05) is 19.0 Å². The summed E-state index contributed by atoms with van der Waals surface area (Å²) in [5.74, 6) is 0.823. The van der Waals surface area contributed by atoms with Gasteiger partial charge in [0.15, 0.2) is 0 Å². The lowest BCUT2D eigenvalue weighted by Gasteiger charge is -2.21. The Morgan fingerprint density at radius 1 is 1.55 bits per heavy atom. The molecule has 1 fully saturated rings. The van der Waals surface area contributed by atoms with Crippen molar-refractivity contribution in [2.45, 2.75) is 38.6 Å². The quantitative estimate of drug-likeness (QED) is 0.594. The molecule has 1 heterocycles. The molecule has 0 amide bonds. The molecule has 1 aliphatic rings. The van der Waals surface area contributed by atoms with E-state index in [2.05, 4.69) is 11.8 Å². The summed E-state index contributed by atoms with van der Waals surface area (Å²) in [6.45, 7) is 4.77. The van der Waals surface area contributed by atoms with Gasteiger partial charge in [0.05, 0.1) is 0 Å². The predicted molar refractivity (Wildman–Crippen MR) is 50.2 cm³/mol. The highest BCUT2D eigenvalue weighted by molar-refractivity contribution is 6.18. The molecular weight excluding hydrogens is 158 g/mol. The Labute approximate surface area is 74.7 Å². The monoisotopic (exact) mass is 175 g/mol. The molecule has 1 atom stereocenters. The number of unbranched alkanes of at least 4 members (excludes halogenated alkanes) is 1. The van der Waals surface area contributed by atoms with Crippen LogP contribution in [0.1, 0.15) is 32.6 Å². The molecule has 0 N–H and O–H groups in total. The van der Waals surface area contributed by atoms with E-state index in [0.717, 1.165) is 5.88 Å². The third-order valence-corrected chi connectivity index (χ3v) is 2.83. The van der Waals surface area contributed by atoms with Crippen molar-refractivity contribution in [1.82, 2.24) is 4.90 Å². The van der Waals surface area contributed by atoms with E-state index >= 15 is 0 Å². The number of nitrogens with zero attached hydrogens (tertiary/aromatic N) is 1. The molecule has 0 aromatic carbocycles. The molecule has 0 aromatic heterocycles. The lowest BCUT2D eigenvalue weighted by Crippen LogP contribution is -2.31. The van der Waals surface area contributed by atoms with E-state index in [9.17, 15) is 0 Å². The van der Waals surface area contributed by atoms with Crippen LogP contribution >= 0.6 is 11.6 Å². The maximum atomic E-state index is 5.84. The molecule has 0 bridgehead atoms. The molecule has 0 radical (unpaired) electrons. The minimum atomic E-state index is 0.684. The molecule has 0 spiro atoms. The Bertz CT molecular complexity index is 106. The number of likely N-dealkylation sites (tertiary alicyclic amines) is 1. The lowest BCUT2D eigenvalue weighted by atomic mass is 10.2. The summed E-state index contributed by atoms with van der Waals surface area (Å²) in [5, 5.41) is 0. The smallest absolute Gasteiger partial charge is 0.0379 e. The van der Waals surface area contributed by atoms with E-state index in [4.69, 9.17) is 11.6 Å². The van der Waals surface area contributed by atoms with Crippen LogP contribution in [0.2, 0.25) is 0 Å². The van der Waals surface area contributed by atoms with Gasteiger partial charge in [-0.2, -0.15) is 0 Å². The zero-order valence-electron chi connectivity index (χ0n) is 7.35. The molecule has 1 saturated heterocycles. The SMILES string of the molecule is CCCCN1CCC[C@H]1CCl. The highest BCUT2D eigenvalue weighted by Crippen LogP contribution is 2.18. The van der Waals surface area contributed by atoms with Crippen LogP contribution in [0.25, 0.3) is 0 Å². The maximum absolute atomic E-state index is 5.84. The van der Waals surface area contributed by atoms with Crippen LogP contribution in [0.5, 0.6) is 0 Å². The van der Waals surface area contributed by atoms with E-state index in [1.165, 1.54) is 38.8 Å². The minimum Gasteiger partial charge on any atom is -0.299 e. The first-order valence-electron chi connectivity index (χ1n) is 4.68. The summed E-state index contributed by atoms with van der Waals surface area (Å²) < 4.78 is 0. The second kappa shape index (κ2) is 5.00. The third-order valence-electron chi connectivity index (χ3n) is 2.48. The van der Waals surface area contributed by atoms with Crippen LogP contribution in [-0.2, 0) is 0 Å². The van der Waals surface area contributed by atoms with Crippen molar-refractivity contribution in [2.24, 2.45) is 0 Å². The number of rotatable bonds is 4. The van der Waals surface area contributed by atoms with Gasteiger partial charge >= 0.3 is 0 Å². The molecule has 1 aliphatic heterocycles. The van der Waals surface area contributed by atoms with Crippen molar-refractivity contribution in [1.29, 1.82) is 0 Å². The fourth-order valence-corrected chi connectivity index (χ4v) is 2.07. The second-order valence-corrected chi connectivity index (χ2v) is 3.65. The fraction of sp³-hybridized carbons (Fsp3) is 1.00. The molecule has 0 saturated carbocycles. The van der Waals surface area contributed by atoms with Crippen molar-refractivity contribution in [3.05, 3.63) is 0 Å². The molecule has 2 heteroatoms. The molecule has 1 nitrogen and oxygen atoms in total. The average molecular weight is 176 g/mol. The summed E-state index contributed by atoms with van der Waals surface area (Å²) in [5.41, 5.74) is 0. The van der Waals surface area contributed by atoms with Gasteiger partial charge in [-0.1, -0.05) is 13.3 Å². The standard InChI is InChI=1S/C9H18ClN/c1-2-3-6-11-7-4-5-9(11)8-10/h9H,2-8H2,1H3/t9-/m0/s1. The molecule has 0 aromatic rings. The van der Waals surface area contributed by atoms with Crippen molar-refractivity contribution in [3.8, 4) is 0 Å². The first-order chi connectivity index (χ1) is 5.38. The Morgan fingerprint density at radius 3 is 3.00 bits per heavy atom. The first-order valence-corrected chi connectivity index (χ1v) is 5.22. The highest BCUT2D eigenvalue weighted by atomic mass is 35.5. The zero-order valence-corrected chi connectivity index (χ0v) is 8.11. The first kappa shape index (κ1) is 9.34. The van der Waals surface area contributed by atoms with E-state index < -0.39 is 0 Å². The van der Waals surface area contributed by atoms with Crippen LogP contribution in [0.4, 0.5) is 0 Å². The predicted octanol–water partition coefficient (Wildman–Crippen LogP) is 2.49. The largest absolute Gasteiger partial charge is 0.299 e. The number of hydrogen-bond donors (Lipinski definition) is 0. The summed E-state index contributed by atoms with van der Waals surface area (Å²) in [4.78, 5) is 2.54. The number of alkyl halides is 1. The summed E-state index contributed by atoms with van der Waals surface area (Å²) >= 11 is 5.84. The van der Waals surface area contributed by atoms with Crippen molar-refractivity contribution >= 4 is 11.6 Å². The van der Waals surface area contributed by atoms with E-state index in [1.54, 1.807) is 0 Å². The Kier molecular flexibility index (Phi) is 4.24. The zero-order chi connectivity index (χ0) is 8.10. The molecule has 1 rings (SSSR count). The highest BCUT2D eigenvalue weighted by Gasteiger charge is 2.22. The number of halogens is 1. The van der Waals surface area contributed by atoms with Crippen LogP contribution in [0.15, 0.2) is 0 Å². The Morgan fingerprint density at radius 2 is 2.36 bits per heavy atom. The van der Waals surface area contributed by atoms with Crippen LogP contribution in [0.3, 0.4) is 0 Å². The van der Waals surface area contributed by atoms with Crippen LogP contribution in [0, 0.1) is 0 Å². The van der Waals surface area contributed by atoms with Gasteiger partial charge in [-0.05, 0) is 32.4 Å².